The van der Waals surface area contributed by atoms with Gasteiger partial charge in [0.2, 0.25) is 0 Å². The lowest BCUT2D eigenvalue weighted by molar-refractivity contribution is 0.0946. The Hall–Kier alpha value is -2.36. The molecule has 0 saturated heterocycles. The van der Waals surface area contributed by atoms with Crippen LogP contribution in [-0.2, 0) is 6.54 Å². The summed E-state index contributed by atoms with van der Waals surface area (Å²) in [4.78, 5) is 16.0. The molecule has 1 aromatic carbocycles. The lowest BCUT2D eigenvalue weighted by atomic mass is 10.1. The van der Waals surface area contributed by atoms with E-state index in [1.54, 1.807) is 12.3 Å². The molecule has 4 heteroatoms. The van der Waals surface area contributed by atoms with Gasteiger partial charge in [0.1, 0.15) is 5.69 Å². The lowest BCUT2D eigenvalue weighted by Gasteiger charge is -2.06. The summed E-state index contributed by atoms with van der Waals surface area (Å²) in [5.74, 6) is -0.163. The molecule has 19 heavy (non-hydrogen) atoms. The van der Waals surface area contributed by atoms with E-state index in [4.69, 9.17) is 0 Å². The smallest absolute Gasteiger partial charge is 0.270 e. The molecule has 2 N–H and O–H groups in total. The van der Waals surface area contributed by atoms with Crippen LogP contribution < -0.4 is 10.6 Å². The zero-order chi connectivity index (χ0) is 13.7. The largest absolute Gasteiger partial charge is 0.387 e. The highest BCUT2D eigenvalue weighted by Crippen LogP contribution is 2.06. The van der Waals surface area contributed by atoms with E-state index in [0.717, 1.165) is 11.3 Å². The Morgan fingerprint density at radius 3 is 2.74 bits per heavy atom. The number of hydrogen-bond acceptors (Lipinski definition) is 3. The molecule has 0 atom stereocenters. The molecule has 0 radical (unpaired) electrons. The number of nitrogens with one attached hydrogen (secondary N) is 2. The van der Waals surface area contributed by atoms with Crippen LogP contribution in [0, 0.1) is 6.92 Å². The van der Waals surface area contributed by atoms with Crippen molar-refractivity contribution in [3.05, 3.63) is 59.4 Å². The van der Waals surface area contributed by atoms with Crippen LogP contribution in [0.1, 0.15) is 21.6 Å². The van der Waals surface area contributed by atoms with Gasteiger partial charge in [-0.3, -0.25) is 4.79 Å². The summed E-state index contributed by atoms with van der Waals surface area (Å²) in [7, 11) is 1.81. The van der Waals surface area contributed by atoms with E-state index in [0.29, 0.717) is 12.2 Å². The van der Waals surface area contributed by atoms with E-state index in [9.17, 15) is 4.79 Å². The van der Waals surface area contributed by atoms with E-state index in [-0.39, 0.29) is 5.91 Å². The van der Waals surface area contributed by atoms with Gasteiger partial charge < -0.3 is 10.6 Å². The summed E-state index contributed by atoms with van der Waals surface area (Å²) >= 11 is 0. The van der Waals surface area contributed by atoms with Crippen molar-refractivity contribution in [1.29, 1.82) is 0 Å². The van der Waals surface area contributed by atoms with E-state index < -0.39 is 0 Å². The zero-order valence-corrected chi connectivity index (χ0v) is 11.1. The van der Waals surface area contributed by atoms with Crippen LogP contribution >= 0.6 is 0 Å². The van der Waals surface area contributed by atoms with Crippen molar-refractivity contribution in [1.82, 2.24) is 10.3 Å². The van der Waals surface area contributed by atoms with Crippen LogP contribution in [0.4, 0.5) is 5.69 Å². The first-order valence-electron chi connectivity index (χ1n) is 6.16. The molecule has 4 nitrogen and oxygen atoms in total. The van der Waals surface area contributed by atoms with Crippen molar-refractivity contribution < 1.29 is 4.79 Å². The number of benzene rings is 1. The van der Waals surface area contributed by atoms with Crippen molar-refractivity contribution in [2.75, 3.05) is 12.4 Å². The second kappa shape index (κ2) is 6.00. The van der Waals surface area contributed by atoms with Crippen molar-refractivity contribution >= 4 is 11.6 Å². The maximum atomic E-state index is 11.9. The van der Waals surface area contributed by atoms with Crippen LogP contribution in [0.25, 0.3) is 0 Å². The Labute approximate surface area is 112 Å². The Morgan fingerprint density at radius 2 is 2.11 bits per heavy atom. The number of pyridine rings is 1. The number of carbonyl (C=O) groups excluding carboxylic acids is 1. The quantitative estimate of drug-likeness (QED) is 0.881. The molecule has 1 amide bonds. The fourth-order valence-electron chi connectivity index (χ4n) is 1.77. The molecule has 0 aliphatic heterocycles. The van der Waals surface area contributed by atoms with Gasteiger partial charge in [0.05, 0.1) is 11.9 Å². The molecule has 0 unspecified atom stereocenters. The van der Waals surface area contributed by atoms with Gasteiger partial charge in [0, 0.05) is 13.6 Å². The molecule has 0 aliphatic rings. The number of anilines is 1. The lowest BCUT2D eigenvalue weighted by Crippen LogP contribution is -2.23. The summed E-state index contributed by atoms with van der Waals surface area (Å²) < 4.78 is 0. The zero-order valence-electron chi connectivity index (χ0n) is 11.1. The normalized spacial score (nSPS) is 10.0. The minimum atomic E-state index is -0.163. The SMILES string of the molecule is CNc1ccc(C(=O)NCc2cccc(C)c2)nc1. The standard InChI is InChI=1S/C15H17N3O/c1-11-4-3-5-12(8-11)9-18-15(19)14-7-6-13(16-2)10-17-14/h3-8,10,16H,9H2,1-2H3,(H,18,19). The van der Waals surface area contributed by atoms with E-state index in [1.807, 2.05) is 38.2 Å². The fourth-order valence-corrected chi connectivity index (χ4v) is 1.77. The van der Waals surface area contributed by atoms with Crippen LogP contribution in [0.3, 0.4) is 0 Å². The van der Waals surface area contributed by atoms with Crippen molar-refractivity contribution in [3.63, 3.8) is 0 Å². The predicted molar refractivity (Wildman–Crippen MR) is 76.1 cm³/mol. The summed E-state index contributed by atoms with van der Waals surface area (Å²) in [6, 6.07) is 11.6. The Bertz CT molecular complexity index is 564. The number of nitrogens with zero attached hydrogens (tertiary/aromatic N) is 1. The van der Waals surface area contributed by atoms with E-state index >= 15 is 0 Å². The average molecular weight is 255 g/mol. The minimum absolute atomic E-state index is 0.163. The maximum Gasteiger partial charge on any atom is 0.270 e. The first-order chi connectivity index (χ1) is 9.19. The summed E-state index contributed by atoms with van der Waals surface area (Å²) in [5, 5.41) is 5.82. The number of rotatable bonds is 4. The van der Waals surface area contributed by atoms with Crippen LogP contribution in [0.2, 0.25) is 0 Å². The topological polar surface area (TPSA) is 54.0 Å². The highest BCUT2D eigenvalue weighted by Gasteiger charge is 2.06. The van der Waals surface area contributed by atoms with Gasteiger partial charge in [-0.25, -0.2) is 4.98 Å². The van der Waals surface area contributed by atoms with Gasteiger partial charge in [0.25, 0.3) is 5.91 Å². The molecule has 1 heterocycles. The molecular weight excluding hydrogens is 238 g/mol. The fraction of sp³-hybridized carbons (Fsp3) is 0.200. The second-order valence-corrected chi connectivity index (χ2v) is 4.35. The van der Waals surface area contributed by atoms with E-state index in [1.165, 1.54) is 5.56 Å². The highest BCUT2D eigenvalue weighted by atomic mass is 16.1. The van der Waals surface area contributed by atoms with Crippen molar-refractivity contribution in [2.45, 2.75) is 13.5 Å². The summed E-state index contributed by atoms with van der Waals surface area (Å²) in [6.07, 6.45) is 1.64. The third-order valence-electron chi connectivity index (χ3n) is 2.82. The predicted octanol–water partition coefficient (Wildman–Crippen LogP) is 2.36. The minimum Gasteiger partial charge on any atom is -0.387 e. The van der Waals surface area contributed by atoms with Crippen LogP contribution in [-0.4, -0.2) is 17.9 Å². The average Bonchev–Trinajstić information content (AvgIpc) is 2.45. The van der Waals surface area contributed by atoms with Gasteiger partial charge in [-0.2, -0.15) is 0 Å². The van der Waals surface area contributed by atoms with Gasteiger partial charge in [-0.15, -0.1) is 0 Å². The number of carbonyl (C=O) groups is 1. The first kappa shape index (κ1) is 13.1. The first-order valence-corrected chi connectivity index (χ1v) is 6.16. The summed E-state index contributed by atoms with van der Waals surface area (Å²) in [5.41, 5.74) is 3.57. The summed E-state index contributed by atoms with van der Waals surface area (Å²) in [6.45, 7) is 2.54. The number of hydrogen-bond donors (Lipinski definition) is 2. The molecular formula is C15H17N3O. The molecule has 0 aliphatic carbocycles. The van der Waals surface area contributed by atoms with Gasteiger partial charge in [0.15, 0.2) is 0 Å². The maximum absolute atomic E-state index is 11.9. The molecule has 1 aromatic heterocycles. The molecule has 0 bridgehead atoms. The Morgan fingerprint density at radius 1 is 1.26 bits per heavy atom. The molecule has 2 rings (SSSR count). The number of aromatic nitrogens is 1. The van der Waals surface area contributed by atoms with Gasteiger partial charge in [-0.05, 0) is 24.6 Å². The van der Waals surface area contributed by atoms with Gasteiger partial charge in [-0.1, -0.05) is 29.8 Å². The van der Waals surface area contributed by atoms with Crippen LogP contribution in [0.5, 0.6) is 0 Å². The number of amides is 1. The van der Waals surface area contributed by atoms with Gasteiger partial charge >= 0.3 is 0 Å². The highest BCUT2D eigenvalue weighted by molar-refractivity contribution is 5.92. The third kappa shape index (κ3) is 3.55. The van der Waals surface area contributed by atoms with Crippen molar-refractivity contribution in [3.8, 4) is 0 Å². The van der Waals surface area contributed by atoms with Crippen molar-refractivity contribution in [2.24, 2.45) is 0 Å². The molecule has 98 valence electrons. The van der Waals surface area contributed by atoms with Crippen LogP contribution in [0.15, 0.2) is 42.6 Å². The second-order valence-electron chi connectivity index (χ2n) is 4.35. The van der Waals surface area contributed by atoms with E-state index in [2.05, 4.69) is 21.7 Å². The third-order valence-corrected chi connectivity index (χ3v) is 2.82. The monoisotopic (exact) mass is 255 g/mol. The Kier molecular flexibility index (Phi) is 4.13. The molecule has 0 spiro atoms. The molecule has 0 fully saturated rings. The Balaban J connectivity index is 1.97. The molecule has 2 aromatic rings. The number of aryl methyl sites for hydroxylation is 1. The molecule has 0 saturated carbocycles.